The van der Waals surface area contributed by atoms with E-state index in [0.717, 1.165) is 45.5 Å². The molecule has 2 heterocycles. The van der Waals surface area contributed by atoms with Gasteiger partial charge in [0.1, 0.15) is 5.75 Å². The molecule has 3 aromatic carbocycles. The van der Waals surface area contributed by atoms with Crippen LogP contribution < -0.4 is 10.4 Å². The first-order valence-corrected chi connectivity index (χ1v) is 19.6. The molecule has 1 fully saturated rings. The first-order chi connectivity index (χ1) is 21.5. The van der Waals surface area contributed by atoms with Crippen LogP contribution in [-0.4, -0.2) is 57.7 Å². The van der Waals surface area contributed by atoms with Crippen LogP contribution in [0.4, 0.5) is 0 Å². The van der Waals surface area contributed by atoms with E-state index in [0.29, 0.717) is 12.8 Å². The first kappa shape index (κ1) is 33.4. The van der Waals surface area contributed by atoms with Crippen LogP contribution in [0, 0.1) is 0 Å². The number of hydrogen-bond donors (Lipinski definition) is 2. The average Bonchev–Trinajstić information content (AvgIpc) is 3.27. The first-order valence-electron chi connectivity index (χ1n) is 16.0. The number of phenols is 1. The van der Waals surface area contributed by atoms with Crippen molar-refractivity contribution in [1.82, 2.24) is 0 Å². The van der Waals surface area contributed by atoms with E-state index in [2.05, 4.69) is 52.0 Å². The van der Waals surface area contributed by atoms with E-state index in [-0.39, 0.29) is 29.5 Å². The quantitative estimate of drug-likeness (QED) is 0.199. The number of phenolic OH excluding ortho intramolecular Hbond substituents is 1. The topological polar surface area (TPSA) is 93.1 Å². The van der Waals surface area contributed by atoms with Gasteiger partial charge in [-0.1, -0.05) is 125 Å². The Labute approximate surface area is 270 Å². The number of rotatable bonds is 11. The lowest BCUT2D eigenvalue weighted by atomic mass is 9.74. The van der Waals surface area contributed by atoms with E-state index in [1.165, 1.54) is 0 Å². The van der Waals surface area contributed by atoms with Crippen molar-refractivity contribution in [2.75, 3.05) is 12.4 Å². The van der Waals surface area contributed by atoms with Crippen molar-refractivity contribution in [3.8, 4) is 5.75 Å². The predicted octanol–water partition coefficient (Wildman–Crippen LogP) is 5.91. The largest absolute Gasteiger partial charge is 0.507 e. The Morgan fingerprint density at radius 3 is 2.16 bits per heavy atom. The lowest BCUT2D eigenvalue weighted by molar-refractivity contribution is 0.168. The third-order valence-corrected chi connectivity index (χ3v) is 16.2. The van der Waals surface area contributed by atoms with Gasteiger partial charge >= 0.3 is 7.12 Å². The molecule has 238 valence electrons. The number of fused-ring (bicyclic) bond motifs is 1. The van der Waals surface area contributed by atoms with Crippen molar-refractivity contribution in [3.63, 3.8) is 0 Å². The Bertz CT molecular complexity index is 1590. The fourth-order valence-electron chi connectivity index (χ4n) is 7.10. The van der Waals surface area contributed by atoms with E-state index in [1.807, 2.05) is 54.6 Å². The summed E-state index contributed by atoms with van der Waals surface area (Å²) in [6, 6.07) is 27.9. The van der Waals surface area contributed by atoms with Gasteiger partial charge in [-0.3, -0.25) is 0 Å². The molecular weight excluding hydrogens is 599 g/mol. The Morgan fingerprint density at radius 2 is 1.58 bits per heavy atom. The number of allylic oxidation sites excluding steroid dienone is 1. The summed E-state index contributed by atoms with van der Waals surface area (Å²) >= 11 is 0. The molecule has 2 aliphatic rings. The summed E-state index contributed by atoms with van der Waals surface area (Å²) in [6.45, 7) is 8.92. The highest BCUT2D eigenvalue weighted by Gasteiger charge is 2.52. The van der Waals surface area contributed by atoms with Crippen LogP contribution >= 0.6 is 0 Å². The SMILES string of the molecule is CCC/C(=C\c1ccccc1O)CC[C@H]1OB(O)C[C@H]2C1=C(CO[Si](c1ccccc1)(c1ccccc1)C(C)(C)C)CS2(=O)=O. The van der Waals surface area contributed by atoms with E-state index in [4.69, 9.17) is 9.08 Å². The molecule has 1 saturated heterocycles. The lowest BCUT2D eigenvalue weighted by Crippen LogP contribution is -2.66. The Hall–Kier alpha value is -2.95. The molecule has 3 aromatic rings. The van der Waals surface area contributed by atoms with Crippen LogP contribution in [0.15, 0.2) is 102 Å². The molecule has 2 N–H and O–H groups in total. The van der Waals surface area contributed by atoms with Crippen molar-refractivity contribution in [2.24, 2.45) is 0 Å². The molecule has 9 heteroatoms. The maximum atomic E-state index is 13.6. The zero-order valence-electron chi connectivity index (χ0n) is 26.8. The van der Waals surface area contributed by atoms with Gasteiger partial charge in [0.2, 0.25) is 0 Å². The molecule has 0 unspecified atom stereocenters. The molecule has 0 aliphatic carbocycles. The summed E-state index contributed by atoms with van der Waals surface area (Å²) in [5, 5.41) is 22.3. The van der Waals surface area contributed by atoms with Crippen LogP contribution in [0.3, 0.4) is 0 Å². The maximum absolute atomic E-state index is 13.6. The smallest absolute Gasteiger partial charge is 0.456 e. The second-order valence-corrected chi connectivity index (χ2v) is 19.8. The molecule has 0 aromatic heterocycles. The van der Waals surface area contributed by atoms with E-state index in [1.54, 1.807) is 12.1 Å². The lowest BCUT2D eigenvalue weighted by Gasteiger charge is -2.43. The van der Waals surface area contributed by atoms with Gasteiger partial charge in [-0.2, -0.15) is 0 Å². The second-order valence-electron chi connectivity index (χ2n) is 13.3. The molecule has 45 heavy (non-hydrogen) atoms. The number of para-hydroxylation sites is 1. The summed E-state index contributed by atoms with van der Waals surface area (Å²) in [7, 11) is -7.57. The standard InChI is InChI=1S/C36H45BO6SSi/c1-5-14-27(23-28-15-12-13-20-32(28)38)21-22-33-35-29(26-44(40,41)34(35)24-37(39)43-33)25-42-45(36(2,3)4,30-16-8-6-9-17-30)31-18-10-7-11-19-31/h6-13,15-20,23,33-34,38-39H,5,14,21-22,24-26H2,1-4H3/b27-23+/t33-,34+/m1/s1. The van der Waals surface area contributed by atoms with Crippen molar-refractivity contribution in [1.29, 1.82) is 0 Å². The Morgan fingerprint density at radius 1 is 0.978 bits per heavy atom. The summed E-state index contributed by atoms with van der Waals surface area (Å²) in [5.41, 5.74) is 3.42. The molecule has 6 nitrogen and oxygen atoms in total. The normalized spacial score (nSPS) is 20.4. The van der Waals surface area contributed by atoms with Gasteiger partial charge in [0.05, 0.1) is 23.7 Å². The predicted molar refractivity (Wildman–Crippen MR) is 186 cm³/mol. The average molecular weight is 645 g/mol. The Kier molecular flexibility index (Phi) is 10.3. The zero-order valence-corrected chi connectivity index (χ0v) is 28.6. The molecular formula is C36H45BO6SSi. The second kappa shape index (κ2) is 13.8. The fraction of sp³-hybridized carbons (Fsp3) is 0.389. The minimum Gasteiger partial charge on any atom is -0.507 e. The molecule has 0 bridgehead atoms. The maximum Gasteiger partial charge on any atom is 0.456 e. The molecule has 2 atom stereocenters. The third-order valence-electron chi connectivity index (χ3n) is 9.12. The van der Waals surface area contributed by atoms with E-state index in [9.17, 15) is 18.5 Å². The van der Waals surface area contributed by atoms with Crippen LogP contribution in [0.2, 0.25) is 11.4 Å². The number of aromatic hydroxyl groups is 1. The highest BCUT2D eigenvalue weighted by atomic mass is 32.2. The molecule has 0 radical (unpaired) electrons. The number of benzene rings is 3. The van der Waals surface area contributed by atoms with Crippen molar-refractivity contribution < 1.29 is 27.6 Å². The van der Waals surface area contributed by atoms with Gasteiger partial charge in [0, 0.05) is 11.9 Å². The van der Waals surface area contributed by atoms with E-state index < -0.39 is 36.6 Å². The van der Waals surface area contributed by atoms with Gasteiger partial charge in [0.15, 0.2) is 9.84 Å². The van der Waals surface area contributed by atoms with Gasteiger partial charge in [-0.05, 0) is 51.9 Å². The molecule has 0 saturated carbocycles. The minimum absolute atomic E-state index is 0.0342. The van der Waals surface area contributed by atoms with Crippen molar-refractivity contribution >= 4 is 41.7 Å². The van der Waals surface area contributed by atoms with Gasteiger partial charge in [0.25, 0.3) is 8.32 Å². The highest BCUT2D eigenvalue weighted by Crippen LogP contribution is 2.42. The molecule has 5 rings (SSSR count). The monoisotopic (exact) mass is 644 g/mol. The summed E-state index contributed by atoms with van der Waals surface area (Å²) in [4.78, 5) is 0. The van der Waals surface area contributed by atoms with E-state index >= 15 is 0 Å². The highest BCUT2D eigenvalue weighted by molar-refractivity contribution is 7.92. The van der Waals surface area contributed by atoms with Crippen LogP contribution in [0.25, 0.3) is 6.08 Å². The molecule has 0 amide bonds. The van der Waals surface area contributed by atoms with Crippen molar-refractivity contribution in [2.45, 2.75) is 76.1 Å². The minimum atomic E-state index is -3.52. The van der Waals surface area contributed by atoms with Crippen LogP contribution in [0.1, 0.15) is 58.9 Å². The zero-order chi connectivity index (χ0) is 32.2. The van der Waals surface area contributed by atoms with Crippen LogP contribution in [-0.2, 0) is 18.9 Å². The summed E-state index contributed by atoms with van der Waals surface area (Å²) in [6.07, 6.45) is 4.46. The van der Waals surface area contributed by atoms with Gasteiger partial charge in [-0.15, -0.1) is 0 Å². The number of hydrogen-bond acceptors (Lipinski definition) is 6. The molecule has 2 aliphatic heterocycles. The summed E-state index contributed by atoms with van der Waals surface area (Å²) < 4.78 is 40.5. The molecule has 0 spiro atoms. The Balaban J connectivity index is 1.51. The fourth-order valence-corrected chi connectivity index (χ4v) is 13.7. The van der Waals surface area contributed by atoms with Gasteiger partial charge < -0.3 is 19.2 Å². The van der Waals surface area contributed by atoms with Gasteiger partial charge in [-0.25, -0.2) is 8.42 Å². The third kappa shape index (κ3) is 7.08. The summed E-state index contributed by atoms with van der Waals surface area (Å²) in [5.74, 6) is 0.135. The van der Waals surface area contributed by atoms with Crippen LogP contribution in [0.5, 0.6) is 5.75 Å². The van der Waals surface area contributed by atoms with Crippen molar-refractivity contribution in [3.05, 3.63) is 107 Å². The number of sulfone groups is 1.